The molecule has 176 valence electrons. The van der Waals surface area contributed by atoms with Crippen LogP contribution in [-0.4, -0.2) is 64.3 Å². The summed E-state index contributed by atoms with van der Waals surface area (Å²) >= 11 is 0. The highest BCUT2D eigenvalue weighted by Crippen LogP contribution is 2.26. The maximum atomic E-state index is 14.1. The van der Waals surface area contributed by atoms with Gasteiger partial charge < -0.3 is 25.2 Å². The van der Waals surface area contributed by atoms with E-state index in [1.165, 1.54) is 18.2 Å². The Balaban J connectivity index is 0.00000363. The molecule has 1 aliphatic heterocycles. The monoisotopic (exact) mass is 559 g/mol. The molecular weight excluding hydrogens is 527 g/mol. The lowest BCUT2D eigenvalue weighted by Crippen LogP contribution is -2.44. The molecule has 1 heterocycles. The molecule has 0 aliphatic carbocycles. The molecule has 3 rings (SSSR count). The van der Waals surface area contributed by atoms with Gasteiger partial charge in [0.25, 0.3) is 0 Å². The first-order chi connectivity index (χ1) is 15.0. The second-order valence-electron chi connectivity index (χ2n) is 7.83. The van der Waals surface area contributed by atoms with Crippen LogP contribution < -0.4 is 20.3 Å². The molecule has 1 saturated heterocycles. The van der Waals surface area contributed by atoms with E-state index in [9.17, 15) is 8.78 Å². The molecule has 6 nitrogen and oxygen atoms in total. The molecule has 32 heavy (non-hydrogen) atoms. The van der Waals surface area contributed by atoms with Gasteiger partial charge in [-0.05, 0) is 38.7 Å². The standard InChI is InChI=1S/C23H31F2N5O.HI/c1-26-23(27-15-17-7-4-5-10-21(17)31-14-13-29(2)3)28-18-11-12-30(16-18)22-19(24)8-6-9-20(22)25;/h4-10,18H,11-16H2,1-3H3,(H2,26,27,28);1H. The van der Waals surface area contributed by atoms with Gasteiger partial charge in [0.2, 0.25) is 0 Å². The molecule has 2 aromatic rings. The Labute approximate surface area is 206 Å². The number of para-hydroxylation sites is 2. The minimum atomic E-state index is -0.533. The van der Waals surface area contributed by atoms with Crippen molar-refractivity contribution in [1.29, 1.82) is 0 Å². The molecular formula is C23H32F2IN5O. The quantitative estimate of drug-likeness (QED) is 0.295. The second kappa shape index (κ2) is 12.8. The molecule has 1 fully saturated rings. The molecule has 0 radical (unpaired) electrons. The van der Waals surface area contributed by atoms with Crippen molar-refractivity contribution < 1.29 is 13.5 Å². The summed E-state index contributed by atoms with van der Waals surface area (Å²) in [6.45, 7) is 3.08. The smallest absolute Gasteiger partial charge is 0.191 e. The SMILES string of the molecule is CN=C(NCc1ccccc1OCCN(C)C)NC1CCN(c2c(F)cccc2F)C1.I. The highest BCUT2D eigenvalue weighted by Gasteiger charge is 2.27. The summed E-state index contributed by atoms with van der Waals surface area (Å²) in [5.74, 6) is 0.418. The number of nitrogens with zero attached hydrogens (tertiary/aromatic N) is 3. The Morgan fingerprint density at radius 3 is 2.56 bits per heavy atom. The van der Waals surface area contributed by atoms with Crippen molar-refractivity contribution >= 4 is 35.6 Å². The number of hydrogen-bond donors (Lipinski definition) is 2. The van der Waals surface area contributed by atoms with Crippen LogP contribution in [0.25, 0.3) is 0 Å². The van der Waals surface area contributed by atoms with Crippen LogP contribution in [0.3, 0.4) is 0 Å². The third-order valence-corrected chi connectivity index (χ3v) is 5.22. The summed E-state index contributed by atoms with van der Waals surface area (Å²) in [6, 6.07) is 11.9. The predicted molar refractivity (Wildman–Crippen MR) is 136 cm³/mol. The molecule has 2 aromatic carbocycles. The Morgan fingerprint density at radius 2 is 1.88 bits per heavy atom. The van der Waals surface area contributed by atoms with Crippen molar-refractivity contribution in [3.05, 3.63) is 59.7 Å². The third kappa shape index (κ3) is 7.19. The van der Waals surface area contributed by atoms with Crippen LogP contribution >= 0.6 is 24.0 Å². The van der Waals surface area contributed by atoms with Gasteiger partial charge in [0.15, 0.2) is 5.96 Å². The average Bonchev–Trinajstić information content (AvgIpc) is 3.19. The number of hydrogen-bond acceptors (Lipinski definition) is 4. The van der Waals surface area contributed by atoms with Crippen molar-refractivity contribution in [2.45, 2.75) is 19.0 Å². The number of anilines is 1. The maximum Gasteiger partial charge on any atom is 0.191 e. The summed E-state index contributed by atoms with van der Waals surface area (Å²) in [5, 5.41) is 6.67. The van der Waals surface area contributed by atoms with Crippen molar-refractivity contribution in [2.24, 2.45) is 4.99 Å². The second-order valence-corrected chi connectivity index (χ2v) is 7.83. The van der Waals surface area contributed by atoms with Gasteiger partial charge in [-0.25, -0.2) is 8.78 Å². The molecule has 0 bridgehead atoms. The first-order valence-corrected chi connectivity index (χ1v) is 10.5. The fourth-order valence-electron chi connectivity index (χ4n) is 3.57. The van der Waals surface area contributed by atoms with Crippen LogP contribution in [0.15, 0.2) is 47.5 Å². The fraction of sp³-hybridized carbons (Fsp3) is 0.435. The Morgan fingerprint density at radius 1 is 1.16 bits per heavy atom. The Hall–Kier alpha value is -2.14. The van der Waals surface area contributed by atoms with Crippen molar-refractivity contribution in [1.82, 2.24) is 15.5 Å². The molecule has 0 saturated carbocycles. The number of benzene rings is 2. The van der Waals surface area contributed by atoms with E-state index in [-0.39, 0.29) is 35.7 Å². The van der Waals surface area contributed by atoms with E-state index in [0.717, 1.165) is 24.3 Å². The summed E-state index contributed by atoms with van der Waals surface area (Å²) in [7, 11) is 5.73. The number of aliphatic imine (C=N–C) groups is 1. The summed E-state index contributed by atoms with van der Waals surface area (Å²) in [6.07, 6.45) is 0.763. The van der Waals surface area contributed by atoms with Gasteiger partial charge in [-0.3, -0.25) is 4.99 Å². The molecule has 0 amide bonds. The summed E-state index contributed by atoms with van der Waals surface area (Å²) in [5.41, 5.74) is 1.07. The zero-order chi connectivity index (χ0) is 22.2. The number of guanidine groups is 1. The minimum Gasteiger partial charge on any atom is -0.492 e. The van der Waals surface area contributed by atoms with E-state index in [1.54, 1.807) is 11.9 Å². The third-order valence-electron chi connectivity index (χ3n) is 5.22. The zero-order valence-corrected chi connectivity index (χ0v) is 21.1. The van der Waals surface area contributed by atoms with E-state index in [2.05, 4.69) is 20.5 Å². The van der Waals surface area contributed by atoms with Crippen LogP contribution in [-0.2, 0) is 6.54 Å². The van der Waals surface area contributed by atoms with Gasteiger partial charge >= 0.3 is 0 Å². The molecule has 9 heteroatoms. The van der Waals surface area contributed by atoms with Crippen LogP contribution in [0, 0.1) is 11.6 Å². The highest BCUT2D eigenvalue weighted by molar-refractivity contribution is 14.0. The topological polar surface area (TPSA) is 52.1 Å². The average molecular weight is 559 g/mol. The Bertz CT molecular complexity index is 876. The lowest BCUT2D eigenvalue weighted by Gasteiger charge is -2.21. The van der Waals surface area contributed by atoms with Gasteiger partial charge in [-0.2, -0.15) is 0 Å². The number of rotatable bonds is 8. The molecule has 0 aromatic heterocycles. The summed E-state index contributed by atoms with van der Waals surface area (Å²) in [4.78, 5) is 8.11. The normalized spacial score (nSPS) is 16.1. The lowest BCUT2D eigenvalue weighted by atomic mass is 10.2. The van der Waals surface area contributed by atoms with Gasteiger partial charge in [0.05, 0.1) is 0 Å². The van der Waals surface area contributed by atoms with E-state index < -0.39 is 11.6 Å². The first kappa shape index (κ1) is 26.1. The molecule has 0 spiro atoms. The minimum absolute atomic E-state index is 0. The van der Waals surface area contributed by atoms with Gasteiger partial charge in [0.1, 0.15) is 29.7 Å². The van der Waals surface area contributed by atoms with E-state index in [0.29, 0.717) is 32.2 Å². The zero-order valence-electron chi connectivity index (χ0n) is 18.8. The van der Waals surface area contributed by atoms with Crippen LogP contribution in [0.1, 0.15) is 12.0 Å². The fourth-order valence-corrected chi connectivity index (χ4v) is 3.57. The van der Waals surface area contributed by atoms with Crippen LogP contribution in [0.2, 0.25) is 0 Å². The van der Waals surface area contributed by atoms with E-state index in [4.69, 9.17) is 4.74 Å². The maximum absolute atomic E-state index is 14.1. The summed E-state index contributed by atoms with van der Waals surface area (Å²) < 4.78 is 34.1. The largest absolute Gasteiger partial charge is 0.492 e. The van der Waals surface area contributed by atoms with Gasteiger partial charge in [-0.1, -0.05) is 24.3 Å². The van der Waals surface area contributed by atoms with Crippen molar-refractivity contribution in [2.75, 3.05) is 52.3 Å². The van der Waals surface area contributed by atoms with Crippen LogP contribution in [0.4, 0.5) is 14.5 Å². The first-order valence-electron chi connectivity index (χ1n) is 10.5. The van der Waals surface area contributed by atoms with Crippen LogP contribution in [0.5, 0.6) is 5.75 Å². The molecule has 1 atom stereocenters. The van der Waals surface area contributed by atoms with Gasteiger partial charge in [0, 0.05) is 44.8 Å². The molecule has 1 unspecified atom stereocenters. The van der Waals surface area contributed by atoms with Gasteiger partial charge in [-0.15, -0.1) is 24.0 Å². The molecule has 2 N–H and O–H groups in total. The van der Waals surface area contributed by atoms with E-state index in [1.807, 2.05) is 38.4 Å². The lowest BCUT2D eigenvalue weighted by molar-refractivity contribution is 0.259. The Kier molecular flexibility index (Phi) is 10.4. The molecule has 1 aliphatic rings. The predicted octanol–water partition coefficient (Wildman–Crippen LogP) is 3.47. The number of likely N-dealkylation sites (N-methyl/N-ethyl adjacent to an activating group) is 1. The number of halogens is 3. The van der Waals surface area contributed by atoms with Crippen molar-refractivity contribution in [3.63, 3.8) is 0 Å². The van der Waals surface area contributed by atoms with Crippen molar-refractivity contribution in [3.8, 4) is 5.75 Å². The number of ether oxygens (including phenoxy) is 1. The van der Waals surface area contributed by atoms with E-state index >= 15 is 0 Å². The number of nitrogens with one attached hydrogen (secondary N) is 2. The highest BCUT2D eigenvalue weighted by atomic mass is 127.